The molecule has 0 radical (unpaired) electrons. The second-order valence-corrected chi connectivity index (χ2v) is 12.6. The molecule has 2 aliphatic rings. The van der Waals surface area contributed by atoms with E-state index < -0.39 is 15.9 Å². The van der Waals surface area contributed by atoms with Gasteiger partial charge < -0.3 is 14.4 Å². The van der Waals surface area contributed by atoms with E-state index in [1.807, 2.05) is 19.1 Å². The molecular weight excluding hydrogens is 517 g/mol. The van der Waals surface area contributed by atoms with Crippen molar-refractivity contribution in [3.05, 3.63) is 70.7 Å². The molecule has 2 aromatic carbocycles. The molecule has 0 spiro atoms. The second kappa shape index (κ2) is 11.6. The summed E-state index contributed by atoms with van der Waals surface area (Å²) in [5.41, 5.74) is 3.85. The quantitative estimate of drug-likeness (QED) is 0.423. The van der Waals surface area contributed by atoms with Crippen LogP contribution in [0.15, 0.2) is 42.5 Å². The number of hydrogen-bond acceptors (Lipinski definition) is 6. The van der Waals surface area contributed by atoms with E-state index in [9.17, 15) is 17.6 Å². The predicted octanol–water partition coefficient (Wildman–Crippen LogP) is 4.80. The average Bonchev–Trinajstić information content (AvgIpc) is 3.10. The van der Waals surface area contributed by atoms with Gasteiger partial charge in [0.25, 0.3) is 5.91 Å². The van der Waals surface area contributed by atoms with E-state index in [1.165, 1.54) is 11.6 Å². The predicted molar refractivity (Wildman–Crippen MR) is 150 cm³/mol. The van der Waals surface area contributed by atoms with Crippen molar-refractivity contribution in [3.8, 4) is 5.75 Å². The molecule has 1 aromatic heterocycles. The fraction of sp³-hybridized carbons (Fsp3) is 0.467. The third kappa shape index (κ3) is 6.94. The van der Waals surface area contributed by atoms with Gasteiger partial charge >= 0.3 is 10.1 Å². The van der Waals surface area contributed by atoms with Crippen molar-refractivity contribution in [1.82, 2.24) is 15.2 Å². The third-order valence-corrected chi connectivity index (χ3v) is 8.54. The zero-order valence-electron chi connectivity index (χ0n) is 22.6. The number of aryl methyl sites for hydroxylation is 1. The van der Waals surface area contributed by atoms with Crippen LogP contribution in [0.1, 0.15) is 59.3 Å². The van der Waals surface area contributed by atoms with Crippen LogP contribution in [0.2, 0.25) is 0 Å². The standard InChI is InChI=1S/C30H36FN3O4S/c1-20-3-10-26-27(11-12-28(31)29(26)32-20)30(35)33-24-7-4-21(5-8-24)13-16-34-17-14-22-6-9-25(38-39(2,36)37)19-23(22)15-18-34/h3,6,9-12,19,21,24H,4-5,7-8,13-18H2,1-2H3,(H,33,35). The van der Waals surface area contributed by atoms with E-state index in [-0.39, 0.29) is 17.5 Å². The Balaban J connectivity index is 1.09. The molecule has 1 fully saturated rings. The van der Waals surface area contributed by atoms with Crippen LogP contribution in [0.5, 0.6) is 5.75 Å². The van der Waals surface area contributed by atoms with Gasteiger partial charge in [-0.2, -0.15) is 8.42 Å². The van der Waals surface area contributed by atoms with Gasteiger partial charge in [0, 0.05) is 35.8 Å². The van der Waals surface area contributed by atoms with Gasteiger partial charge in [0.1, 0.15) is 17.1 Å². The van der Waals surface area contributed by atoms with Crippen molar-refractivity contribution in [2.75, 3.05) is 25.9 Å². The first-order chi connectivity index (χ1) is 18.6. The average molecular weight is 554 g/mol. The van der Waals surface area contributed by atoms with Crippen molar-refractivity contribution in [3.63, 3.8) is 0 Å². The van der Waals surface area contributed by atoms with E-state index in [4.69, 9.17) is 4.18 Å². The molecular formula is C30H36FN3O4S. The van der Waals surface area contributed by atoms with Crippen LogP contribution in [-0.4, -0.2) is 56.1 Å². The van der Waals surface area contributed by atoms with E-state index in [2.05, 4.69) is 15.2 Å². The highest BCUT2D eigenvalue weighted by atomic mass is 32.2. The van der Waals surface area contributed by atoms with E-state index >= 15 is 0 Å². The molecule has 0 saturated heterocycles. The summed E-state index contributed by atoms with van der Waals surface area (Å²) in [4.78, 5) is 19.8. The number of amides is 1. The zero-order chi connectivity index (χ0) is 27.6. The zero-order valence-corrected chi connectivity index (χ0v) is 23.4. The number of nitrogens with zero attached hydrogens (tertiary/aromatic N) is 2. The first-order valence-electron chi connectivity index (χ1n) is 13.7. The van der Waals surface area contributed by atoms with Crippen molar-refractivity contribution in [2.45, 2.75) is 57.9 Å². The molecule has 0 atom stereocenters. The smallest absolute Gasteiger partial charge is 0.306 e. The summed E-state index contributed by atoms with van der Waals surface area (Å²) in [7, 11) is -3.53. The third-order valence-electron chi connectivity index (χ3n) is 8.05. The number of hydrogen-bond donors (Lipinski definition) is 1. The maximum Gasteiger partial charge on any atom is 0.306 e. The first-order valence-corrected chi connectivity index (χ1v) is 15.6. The lowest BCUT2D eigenvalue weighted by Gasteiger charge is -2.31. The number of aromatic nitrogens is 1. The molecule has 1 saturated carbocycles. The van der Waals surface area contributed by atoms with Crippen LogP contribution in [0.4, 0.5) is 4.39 Å². The maximum atomic E-state index is 14.3. The Bertz CT molecular complexity index is 1470. The SMILES string of the molecule is Cc1ccc2c(C(=O)NC3CCC(CCN4CCc5ccc(OS(C)(=O)=O)cc5CC4)CC3)ccc(F)c2n1. The molecule has 9 heteroatoms. The van der Waals surface area contributed by atoms with Crippen molar-refractivity contribution < 1.29 is 21.8 Å². The summed E-state index contributed by atoms with van der Waals surface area (Å²) in [6, 6.07) is 12.2. The molecule has 208 valence electrons. The van der Waals surface area contributed by atoms with Gasteiger partial charge in [-0.3, -0.25) is 9.78 Å². The van der Waals surface area contributed by atoms with Gasteiger partial charge in [-0.25, -0.2) is 4.39 Å². The van der Waals surface area contributed by atoms with Gasteiger partial charge in [0.15, 0.2) is 0 Å². The number of pyridine rings is 1. The molecule has 7 nitrogen and oxygen atoms in total. The van der Waals surface area contributed by atoms with Gasteiger partial charge in [-0.05, 0) is 106 Å². The van der Waals surface area contributed by atoms with Crippen LogP contribution in [0.25, 0.3) is 10.9 Å². The second-order valence-electron chi connectivity index (χ2n) is 11.0. The largest absolute Gasteiger partial charge is 0.383 e. The highest BCUT2D eigenvalue weighted by Gasteiger charge is 2.25. The Labute approximate surface area is 229 Å². The molecule has 1 aliphatic heterocycles. The minimum absolute atomic E-state index is 0.128. The summed E-state index contributed by atoms with van der Waals surface area (Å²) in [6.07, 6.45) is 8.07. The molecule has 2 heterocycles. The molecule has 0 bridgehead atoms. The molecule has 5 rings (SSSR count). The summed E-state index contributed by atoms with van der Waals surface area (Å²) in [5, 5.41) is 3.72. The van der Waals surface area contributed by atoms with Crippen LogP contribution in [-0.2, 0) is 23.0 Å². The lowest BCUT2D eigenvalue weighted by Crippen LogP contribution is -2.38. The van der Waals surface area contributed by atoms with E-state index in [1.54, 1.807) is 24.3 Å². The number of carbonyl (C=O) groups is 1. The Morgan fingerprint density at radius 3 is 2.54 bits per heavy atom. The van der Waals surface area contributed by atoms with E-state index in [0.29, 0.717) is 22.6 Å². The summed E-state index contributed by atoms with van der Waals surface area (Å²) < 4.78 is 42.2. The van der Waals surface area contributed by atoms with Gasteiger partial charge in [0.2, 0.25) is 0 Å². The molecule has 0 unspecified atom stereocenters. The van der Waals surface area contributed by atoms with Crippen molar-refractivity contribution in [1.29, 1.82) is 0 Å². The maximum absolute atomic E-state index is 14.3. The highest BCUT2D eigenvalue weighted by Crippen LogP contribution is 2.29. The minimum atomic E-state index is -3.53. The monoisotopic (exact) mass is 553 g/mol. The van der Waals surface area contributed by atoms with Gasteiger partial charge in [-0.15, -0.1) is 0 Å². The fourth-order valence-electron chi connectivity index (χ4n) is 5.90. The number of carbonyl (C=O) groups excluding carboxylic acids is 1. The number of nitrogens with one attached hydrogen (secondary N) is 1. The van der Waals surface area contributed by atoms with Crippen molar-refractivity contribution in [2.24, 2.45) is 5.92 Å². The lowest BCUT2D eigenvalue weighted by atomic mass is 9.84. The number of halogens is 1. The number of rotatable bonds is 7. The van der Waals surface area contributed by atoms with Crippen LogP contribution in [0, 0.1) is 18.7 Å². The summed E-state index contributed by atoms with van der Waals surface area (Å²) in [6.45, 7) is 4.78. The summed E-state index contributed by atoms with van der Waals surface area (Å²) >= 11 is 0. The Morgan fingerprint density at radius 2 is 1.79 bits per heavy atom. The van der Waals surface area contributed by atoms with Crippen molar-refractivity contribution >= 4 is 26.9 Å². The topological polar surface area (TPSA) is 88.6 Å². The first kappa shape index (κ1) is 27.5. The van der Waals surface area contributed by atoms with Gasteiger partial charge in [0.05, 0.1) is 6.26 Å². The fourth-order valence-corrected chi connectivity index (χ4v) is 6.35. The van der Waals surface area contributed by atoms with Crippen LogP contribution >= 0.6 is 0 Å². The lowest BCUT2D eigenvalue weighted by molar-refractivity contribution is 0.0921. The molecule has 39 heavy (non-hydrogen) atoms. The Kier molecular flexibility index (Phi) is 8.19. The summed E-state index contributed by atoms with van der Waals surface area (Å²) in [5.74, 6) is 0.443. The normalized spacial score (nSPS) is 20.3. The van der Waals surface area contributed by atoms with Gasteiger partial charge in [-0.1, -0.05) is 12.1 Å². The molecule has 1 N–H and O–H groups in total. The number of fused-ring (bicyclic) bond motifs is 2. The van der Waals surface area contributed by atoms with Crippen LogP contribution in [0.3, 0.4) is 0 Å². The van der Waals surface area contributed by atoms with E-state index in [0.717, 1.165) is 82.1 Å². The minimum Gasteiger partial charge on any atom is -0.383 e. The Morgan fingerprint density at radius 1 is 1.05 bits per heavy atom. The molecule has 1 aliphatic carbocycles. The number of benzene rings is 2. The van der Waals surface area contributed by atoms with Crippen LogP contribution < -0.4 is 9.50 Å². The molecule has 3 aromatic rings. The Hall–Kier alpha value is -3.04. The molecule has 1 amide bonds. The highest BCUT2D eigenvalue weighted by molar-refractivity contribution is 7.86.